The number of hydrogen-bond acceptors (Lipinski definition) is 4. The minimum absolute atomic E-state index is 0.763. The fourth-order valence-corrected chi connectivity index (χ4v) is 2.08. The highest BCUT2D eigenvalue weighted by atomic mass is 15.5. The van der Waals surface area contributed by atoms with Crippen molar-refractivity contribution in [3.05, 3.63) is 54.1 Å². The first-order valence-corrected chi connectivity index (χ1v) is 6.42. The third-order valence-electron chi connectivity index (χ3n) is 3.12. The van der Waals surface area contributed by atoms with Gasteiger partial charge in [-0.15, -0.1) is 0 Å². The third kappa shape index (κ3) is 2.54. The molecule has 0 radical (unpaired) electrons. The van der Waals surface area contributed by atoms with Gasteiger partial charge in [0.1, 0.15) is 0 Å². The van der Waals surface area contributed by atoms with Crippen molar-refractivity contribution in [2.45, 2.75) is 13.5 Å². The maximum Gasteiger partial charge on any atom is 0.0858 e. The van der Waals surface area contributed by atoms with E-state index in [0.29, 0.717) is 0 Å². The van der Waals surface area contributed by atoms with E-state index in [1.807, 2.05) is 49.1 Å². The van der Waals surface area contributed by atoms with Crippen LogP contribution in [-0.4, -0.2) is 24.8 Å². The van der Waals surface area contributed by atoms with Gasteiger partial charge in [0, 0.05) is 31.0 Å². The molecule has 0 fully saturated rings. The number of hydrogen-bond donors (Lipinski definition) is 1. The second-order valence-corrected chi connectivity index (χ2v) is 4.63. The Morgan fingerprint density at radius 3 is 2.40 bits per heavy atom. The minimum atomic E-state index is 0.763. The molecule has 2 heterocycles. The van der Waals surface area contributed by atoms with E-state index in [1.54, 1.807) is 17.2 Å². The number of nitrogens with zero attached hydrogens (tertiary/aromatic N) is 5. The summed E-state index contributed by atoms with van der Waals surface area (Å²) in [6.45, 7) is 2.78. The largest absolute Gasteiger partial charge is 0.381 e. The maximum atomic E-state index is 4.33. The number of anilines is 1. The second-order valence-electron chi connectivity index (χ2n) is 4.63. The SMILES string of the molecule is Cc1nn(C)cc1CNc1ccc(-n2nccn2)cc1. The van der Waals surface area contributed by atoms with Gasteiger partial charge in [-0.3, -0.25) is 4.68 Å². The van der Waals surface area contributed by atoms with E-state index < -0.39 is 0 Å². The van der Waals surface area contributed by atoms with Crippen LogP contribution < -0.4 is 5.32 Å². The van der Waals surface area contributed by atoms with Crippen LogP contribution in [0.4, 0.5) is 5.69 Å². The first kappa shape index (κ1) is 12.4. The van der Waals surface area contributed by atoms with Crippen LogP contribution in [0.5, 0.6) is 0 Å². The summed E-state index contributed by atoms with van der Waals surface area (Å²) in [6, 6.07) is 8.01. The van der Waals surface area contributed by atoms with Crippen LogP contribution in [0.25, 0.3) is 5.69 Å². The van der Waals surface area contributed by atoms with Crippen LogP contribution >= 0.6 is 0 Å². The summed E-state index contributed by atoms with van der Waals surface area (Å²) in [5, 5.41) is 15.9. The molecule has 0 saturated carbocycles. The van der Waals surface area contributed by atoms with Gasteiger partial charge in [0.2, 0.25) is 0 Å². The summed E-state index contributed by atoms with van der Waals surface area (Å²) in [6.07, 6.45) is 5.36. The van der Waals surface area contributed by atoms with Crippen LogP contribution in [0.3, 0.4) is 0 Å². The van der Waals surface area contributed by atoms with Crippen LogP contribution in [0.15, 0.2) is 42.9 Å². The molecule has 3 aromatic rings. The van der Waals surface area contributed by atoms with E-state index >= 15 is 0 Å². The molecule has 1 N–H and O–H groups in total. The average Bonchev–Trinajstić information content (AvgIpc) is 3.07. The summed E-state index contributed by atoms with van der Waals surface area (Å²) in [5.74, 6) is 0. The fraction of sp³-hybridized carbons (Fsp3) is 0.214. The van der Waals surface area contributed by atoms with Gasteiger partial charge in [0.05, 0.1) is 23.8 Å². The lowest BCUT2D eigenvalue weighted by molar-refractivity contribution is 0.752. The van der Waals surface area contributed by atoms with Crippen molar-refractivity contribution in [1.29, 1.82) is 0 Å². The number of nitrogens with one attached hydrogen (secondary N) is 1. The van der Waals surface area contributed by atoms with Crippen molar-refractivity contribution in [2.75, 3.05) is 5.32 Å². The zero-order chi connectivity index (χ0) is 13.9. The van der Waals surface area contributed by atoms with Crippen molar-refractivity contribution >= 4 is 5.69 Å². The Balaban J connectivity index is 1.68. The van der Waals surface area contributed by atoms with Gasteiger partial charge in [-0.1, -0.05) is 0 Å². The zero-order valence-corrected chi connectivity index (χ0v) is 11.5. The molecule has 0 bridgehead atoms. The van der Waals surface area contributed by atoms with Crippen molar-refractivity contribution in [1.82, 2.24) is 24.8 Å². The first-order valence-electron chi connectivity index (χ1n) is 6.42. The predicted octanol–water partition coefficient (Wildman–Crippen LogP) is 1.92. The molecule has 0 saturated heterocycles. The molecule has 102 valence electrons. The standard InChI is InChI=1S/C14H16N6/c1-11-12(10-19(2)18-11)9-15-13-3-5-14(6-4-13)20-16-7-8-17-20/h3-8,10,15H,9H2,1-2H3. The summed E-state index contributed by atoms with van der Waals surface area (Å²) in [7, 11) is 1.93. The van der Waals surface area contributed by atoms with Crippen LogP contribution in [0.2, 0.25) is 0 Å². The molecule has 0 amide bonds. The van der Waals surface area contributed by atoms with Crippen LogP contribution in [-0.2, 0) is 13.6 Å². The monoisotopic (exact) mass is 268 g/mol. The maximum absolute atomic E-state index is 4.33. The normalized spacial score (nSPS) is 10.7. The third-order valence-corrected chi connectivity index (χ3v) is 3.12. The Morgan fingerprint density at radius 1 is 1.10 bits per heavy atom. The van der Waals surface area contributed by atoms with Crippen molar-refractivity contribution in [3.63, 3.8) is 0 Å². The quantitative estimate of drug-likeness (QED) is 0.785. The molecule has 0 aliphatic heterocycles. The topological polar surface area (TPSA) is 60.6 Å². The summed E-state index contributed by atoms with van der Waals surface area (Å²) < 4.78 is 1.83. The molecule has 1 aromatic carbocycles. The molecular weight excluding hydrogens is 252 g/mol. The second kappa shape index (κ2) is 5.16. The Labute approximate surface area is 117 Å². The van der Waals surface area contributed by atoms with Crippen molar-refractivity contribution in [2.24, 2.45) is 7.05 Å². The lowest BCUT2D eigenvalue weighted by atomic mass is 10.2. The van der Waals surface area contributed by atoms with Crippen molar-refractivity contribution < 1.29 is 0 Å². The highest BCUT2D eigenvalue weighted by molar-refractivity contribution is 5.48. The van der Waals surface area contributed by atoms with E-state index in [2.05, 4.69) is 20.6 Å². The summed E-state index contributed by atoms with van der Waals surface area (Å²) >= 11 is 0. The van der Waals surface area contributed by atoms with Gasteiger partial charge in [-0.05, 0) is 31.2 Å². The smallest absolute Gasteiger partial charge is 0.0858 e. The number of rotatable bonds is 4. The highest BCUT2D eigenvalue weighted by Gasteiger charge is 2.03. The molecule has 2 aromatic heterocycles. The summed E-state index contributed by atoms with van der Waals surface area (Å²) in [5.41, 5.74) is 4.25. The van der Waals surface area contributed by atoms with E-state index in [1.165, 1.54) is 5.56 Å². The van der Waals surface area contributed by atoms with Gasteiger partial charge < -0.3 is 5.32 Å². The minimum Gasteiger partial charge on any atom is -0.381 e. The molecule has 6 heteroatoms. The zero-order valence-electron chi connectivity index (χ0n) is 11.5. The molecule has 0 aliphatic rings. The Hall–Kier alpha value is -2.63. The predicted molar refractivity (Wildman–Crippen MR) is 76.6 cm³/mol. The molecule has 20 heavy (non-hydrogen) atoms. The van der Waals surface area contributed by atoms with Crippen molar-refractivity contribution in [3.8, 4) is 5.69 Å². The molecule has 0 aliphatic carbocycles. The first-order chi connectivity index (χ1) is 9.72. The number of aromatic nitrogens is 5. The lowest BCUT2D eigenvalue weighted by Crippen LogP contribution is -2.01. The Bertz CT molecular complexity index is 681. The Morgan fingerprint density at radius 2 is 1.80 bits per heavy atom. The Kier molecular flexibility index (Phi) is 3.20. The van der Waals surface area contributed by atoms with E-state index in [9.17, 15) is 0 Å². The molecule has 0 atom stereocenters. The average molecular weight is 268 g/mol. The van der Waals surface area contributed by atoms with E-state index in [0.717, 1.165) is 23.6 Å². The van der Waals surface area contributed by atoms with Crippen LogP contribution in [0, 0.1) is 6.92 Å². The number of benzene rings is 1. The van der Waals surface area contributed by atoms with E-state index in [-0.39, 0.29) is 0 Å². The van der Waals surface area contributed by atoms with Gasteiger partial charge in [0.25, 0.3) is 0 Å². The molecule has 3 rings (SSSR count). The highest BCUT2D eigenvalue weighted by Crippen LogP contribution is 2.14. The van der Waals surface area contributed by atoms with Gasteiger partial charge in [-0.25, -0.2) is 0 Å². The molecular formula is C14H16N6. The fourth-order valence-electron chi connectivity index (χ4n) is 2.08. The molecule has 0 spiro atoms. The van der Waals surface area contributed by atoms with E-state index in [4.69, 9.17) is 0 Å². The van der Waals surface area contributed by atoms with Gasteiger partial charge >= 0.3 is 0 Å². The molecule has 0 unspecified atom stereocenters. The molecule has 6 nitrogen and oxygen atoms in total. The number of aryl methyl sites for hydroxylation is 2. The lowest BCUT2D eigenvalue weighted by Gasteiger charge is -2.06. The summed E-state index contributed by atoms with van der Waals surface area (Å²) in [4.78, 5) is 1.59. The van der Waals surface area contributed by atoms with Crippen LogP contribution in [0.1, 0.15) is 11.3 Å². The van der Waals surface area contributed by atoms with Gasteiger partial charge in [-0.2, -0.15) is 20.1 Å². The van der Waals surface area contributed by atoms with Gasteiger partial charge in [0.15, 0.2) is 0 Å².